The van der Waals surface area contributed by atoms with E-state index < -0.39 is 0 Å². The first kappa shape index (κ1) is 21.6. The van der Waals surface area contributed by atoms with Crippen LogP contribution in [0.1, 0.15) is 5.56 Å². The van der Waals surface area contributed by atoms with Crippen LogP contribution in [0.15, 0.2) is 35.6 Å². The Balaban J connectivity index is 1.42. The Morgan fingerprint density at radius 2 is 2.07 bits per heavy atom. The molecule has 1 amide bonds. The molecule has 1 atom stereocenters. The Bertz CT molecular complexity index is 827. The SMILES string of the molecule is O=C(CSc1nccnc1Cl)NC[C@H]1CN(Cc2ccc(Cl)c(Cl)c2)CCO1. The minimum Gasteiger partial charge on any atom is -0.374 e. The zero-order valence-electron chi connectivity index (χ0n) is 14.9. The van der Waals surface area contributed by atoms with E-state index >= 15 is 0 Å². The molecule has 1 saturated heterocycles. The topological polar surface area (TPSA) is 67.4 Å². The molecule has 0 unspecified atom stereocenters. The van der Waals surface area contributed by atoms with Crippen LogP contribution >= 0.6 is 46.6 Å². The van der Waals surface area contributed by atoms with E-state index in [0.29, 0.717) is 33.4 Å². The second-order valence-corrected chi connectivity index (χ2v) is 8.36. The number of ether oxygens (including phenoxy) is 1. The van der Waals surface area contributed by atoms with Gasteiger partial charge in [0.1, 0.15) is 5.03 Å². The van der Waals surface area contributed by atoms with Crippen LogP contribution in [-0.4, -0.2) is 58.9 Å². The maximum Gasteiger partial charge on any atom is 0.230 e. The van der Waals surface area contributed by atoms with E-state index in [-0.39, 0.29) is 17.8 Å². The lowest BCUT2D eigenvalue weighted by molar-refractivity contribution is -0.119. The van der Waals surface area contributed by atoms with E-state index in [0.717, 1.165) is 25.2 Å². The van der Waals surface area contributed by atoms with E-state index in [1.807, 2.05) is 12.1 Å². The highest BCUT2D eigenvalue weighted by Crippen LogP contribution is 2.24. The smallest absolute Gasteiger partial charge is 0.230 e. The highest BCUT2D eigenvalue weighted by Gasteiger charge is 2.21. The van der Waals surface area contributed by atoms with Gasteiger partial charge in [-0.15, -0.1) is 0 Å². The lowest BCUT2D eigenvalue weighted by atomic mass is 10.2. The van der Waals surface area contributed by atoms with Gasteiger partial charge >= 0.3 is 0 Å². The summed E-state index contributed by atoms with van der Waals surface area (Å²) >= 11 is 19.3. The summed E-state index contributed by atoms with van der Waals surface area (Å²) in [6, 6.07) is 5.65. The molecule has 1 aliphatic rings. The average Bonchev–Trinajstić information content (AvgIpc) is 2.69. The second kappa shape index (κ2) is 10.6. The Hall–Kier alpha value is -1.09. The van der Waals surface area contributed by atoms with Gasteiger partial charge in [-0.25, -0.2) is 9.97 Å². The average molecular weight is 462 g/mol. The fraction of sp³-hybridized carbons (Fsp3) is 0.389. The molecule has 1 aromatic carbocycles. The van der Waals surface area contributed by atoms with Crippen molar-refractivity contribution in [3.05, 3.63) is 51.4 Å². The molecule has 6 nitrogen and oxygen atoms in total. The van der Waals surface area contributed by atoms with Gasteiger partial charge in [-0.05, 0) is 17.7 Å². The molecule has 3 rings (SSSR count). The third-order valence-corrected chi connectivity index (χ3v) is 6.21. The molecule has 28 heavy (non-hydrogen) atoms. The van der Waals surface area contributed by atoms with Crippen molar-refractivity contribution in [2.75, 3.05) is 32.0 Å². The fourth-order valence-corrected chi connectivity index (χ4v) is 4.03. The number of halogens is 3. The molecule has 0 radical (unpaired) electrons. The van der Waals surface area contributed by atoms with Gasteiger partial charge in [-0.1, -0.05) is 52.6 Å². The number of morpholine rings is 1. The van der Waals surface area contributed by atoms with Gasteiger partial charge in [0.2, 0.25) is 5.91 Å². The molecule has 0 spiro atoms. The van der Waals surface area contributed by atoms with Gasteiger partial charge in [0.25, 0.3) is 0 Å². The molecular formula is C18H19Cl3N4O2S. The zero-order valence-corrected chi connectivity index (χ0v) is 18.0. The summed E-state index contributed by atoms with van der Waals surface area (Å²) in [6.07, 6.45) is 2.99. The number of carbonyl (C=O) groups excluding carboxylic acids is 1. The van der Waals surface area contributed by atoms with Crippen molar-refractivity contribution in [2.45, 2.75) is 17.7 Å². The zero-order chi connectivity index (χ0) is 19.9. The number of nitrogens with zero attached hydrogens (tertiary/aromatic N) is 3. The molecule has 150 valence electrons. The second-order valence-electron chi connectivity index (χ2n) is 6.22. The predicted octanol–water partition coefficient (Wildman–Crippen LogP) is 3.55. The molecule has 10 heteroatoms. The molecule has 0 bridgehead atoms. The van der Waals surface area contributed by atoms with Crippen LogP contribution in [0.2, 0.25) is 15.2 Å². The number of nitrogens with one attached hydrogen (secondary N) is 1. The Kier molecular flexibility index (Phi) is 8.20. The van der Waals surface area contributed by atoms with Crippen LogP contribution < -0.4 is 5.32 Å². The third-order valence-electron chi connectivity index (χ3n) is 4.10. The van der Waals surface area contributed by atoms with Crippen LogP contribution in [0, 0.1) is 0 Å². The monoisotopic (exact) mass is 460 g/mol. The summed E-state index contributed by atoms with van der Waals surface area (Å²) in [4.78, 5) is 22.4. The maximum absolute atomic E-state index is 12.1. The van der Waals surface area contributed by atoms with Gasteiger partial charge in [0, 0.05) is 38.6 Å². The molecule has 2 heterocycles. The normalized spacial score (nSPS) is 17.5. The van der Waals surface area contributed by atoms with Crippen molar-refractivity contribution in [1.29, 1.82) is 0 Å². The van der Waals surface area contributed by atoms with Crippen molar-refractivity contribution >= 4 is 52.5 Å². The standard InChI is InChI=1S/C18H19Cl3N4O2S/c19-14-2-1-12(7-15(14)20)9-25-5-6-27-13(10-25)8-24-16(26)11-28-18-17(21)22-3-4-23-18/h1-4,7,13H,5-6,8-11H2,(H,24,26)/t13-/m0/s1. The van der Waals surface area contributed by atoms with Crippen LogP contribution in [0.4, 0.5) is 0 Å². The van der Waals surface area contributed by atoms with Crippen molar-refractivity contribution in [2.24, 2.45) is 0 Å². The van der Waals surface area contributed by atoms with E-state index in [4.69, 9.17) is 39.5 Å². The number of aromatic nitrogens is 2. The highest BCUT2D eigenvalue weighted by atomic mass is 35.5. The molecular weight excluding hydrogens is 443 g/mol. The molecule has 1 aliphatic heterocycles. The van der Waals surface area contributed by atoms with Crippen LogP contribution in [0.5, 0.6) is 0 Å². The molecule has 1 aromatic heterocycles. The third kappa shape index (κ3) is 6.47. The van der Waals surface area contributed by atoms with Gasteiger partial charge < -0.3 is 10.1 Å². The quantitative estimate of drug-likeness (QED) is 0.636. The van der Waals surface area contributed by atoms with Crippen LogP contribution in [0.3, 0.4) is 0 Å². The van der Waals surface area contributed by atoms with Crippen molar-refractivity contribution < 1.29 is 9.53 Å². The number of benzene rings is 1. The minimum atomic E-state index is -0.100. The summed E-state index contributed by atoms with van der Waals surface area (Å²) in [5, 5.41) is 4.85. The lowest BCUT2D eigenvalue weighted by Crippen LogP contribution is -2.47. The van der Waals surface area contributed by atoms with Gasteiger partial charge in [0.15, 0.2) is 5.15 Å². The molecule has 0 saturated carbocycles. The Morgan fingerprint density at radius 1 is 1.25 bits per heavy atom. The molecule has 2 aromatic rings. The summed E-state index contributed by atoms with van der Waals surface area (Å²) < 4.78 is 5.77. The molecule has 0 aliphatic carbocycles. The summed E-state index contributed by atoms with van der Waals surface area (Å²) in [5.74, 6) is 0.120. The lowest BCUT2D eigenvalue weighted by Gasteiger charge is -2.33. The largest absolute Gasteiger partial charge is 0.374 e. The maximum atomic E-state index is 12.1. The summed E-state index contributed by atoms with van der Waals surface area (Å²) in [7, 11) is 0. The number of thioether (sulfide) groups is 1. The number of amides is 1. The van der Waals surface area contributed by atoms with Crippen molar-refractivity contribution in [3.8, 4) is 0 Å². The van der Waals surface area contributed by atoms with Crippen molar-refractivity contribution in [3.63, 3.8) is 0 Å². The van der Waals surface area contributed by atoms with Gasteiger partial charge in [0.05, 0.1) is 28.5 Å². The van der Waals surface area contributed by atoms with E-state index in [9.17, 15) is 4.79 Å². The predicted molar refractivity (Wildman–Crippen MR) is 112 cm³/mol. The molecule has 1 N–H and O–H groups in total. The number of hydrogen-bond acceptors (Lipinski definition) is 6. The minimum absolute atomic E-state index is 0.0643. The summed E-state index contributed by atoms with van der Waals surface area (Å²) in [5.41, 5.74) is 1.09. The van der Waals surface area contributed by atoms with Gasteiger partial charge in [-0.3, -0.25) is 9.69 Å². The van der Waals surface area contributed by atoms with Crippen LogP contribution in [-0.2, 0) is 16.1 Å². The van der Waals surface area contributed by atoms with Crippen molar-refractivity contribution in [1.82, 2.24) is 20.2 Å². The first-order valence-electron chi connectivity index (χ1n) is 8.65. The van der Waals surface area contributed by atoms with Gasteiger partial charge in [-0.2, -0.15) is 0 Å². The molecule has 1 fully saturated rings. The van der Waals surface area contributed by atoms with E-state index in [2.05, 4.69) is 20.2 Å². The number of carbonyl (C=O) groups is 1. The first-order chi connectivity index (χ1) is 13.5. The fourth-order valence-electron chi connectivity index (χ4n) is 2.76. The Labute approximate surface area is 182 Å². The van der Waals surface area contributed by atoms with E-state index in [1.54, 1.807) is 12.3 Å². The Morgan fingerprint density at radius 3 is 2.86 bits per heavy atom. The van der Waals surface area contributed by atoms with E-state index in [1.165, 1.54) is 18.0 Å². The summed E-state index contributed by atoms with van der Waals surface area (Å²) in [6.45, 7) is 3.37. The highest BCUT2D eigenvalue weighted by molar-refractivity contribution is 8.00. The number of rotatable bonds is 7. The first-order valence-corrected chi connectivity index (χ1v) is 10.8. The number of hydrogen-bond donors (Lipinski definition) is 1. The van der Waals surface area contributed by atoms with Crippen LogP contribution in [0.25, 0.3) is 0 Å².